The van der Waals surface area contributed by atoms with Gasteiger partial charge in [0.25, 0.3) is 0 Å². The Morgan fingerprint density at radius 3 is 1.51 bits per heavy atom. The number of furan rings is 2. The summed E-state index contributed by atoms with van der Waals surface area (Å²) in [4.78, 5) is 0.0365. The largest absolute Gasteiger partial charge is 0.468 e. The van der Waals surface area contributed by atoms with Crippen LogP contribution >= 0.6 is 0 Å². The van der Waals surface area contributed by atoms with E-state index in [1.165, 1.54) is 36.8 Å². The van der Waals surface area contributed by atoms with Crippen molar-refractivity contribution in [3.8, 4) is 11.1 Å². The van der Waals surface area contributed by atoms with Gasteiger partial charge in [-0.15, -0.1) is 0 Å². The Bertz CT molecular complexity index is 1510. The van der Waals surface area contributed by atoms with E-state index in [0.717, 1.165) is 0 Å². The van der Waals surface area contributed by atoms with Crippen LogP contribution in [0.3, 0.4) is 0 Å². The molecule has 0 bridgehead atoms. The Morgan fingerprint density at radius 2 is 1.14 bits per heavy atom. The van der Waals surface area contributed by atoms with Crippen molar-refractivity contribution >= 4 is 25.8 Å². The van der Waals surface area contributed by atoms with E-state index in [1.54, 1.807) is 36.4 Å². The molecule has 2 heterocycles. The van der Waals surface area contributed by atoms with E-state index >= 15 is 0 Å². The van der Waals surface area contributed by atoms with Crippen LogP contribution in [0.15, 0.2) is 96.9 Å². The fourth-order valence-electron chi connectivity index (χ4n) is 3.85. The molecule has 4 aromatic rings. The number of hydrazone groups is 1. The summed E-state index contributed by atoms with van der Waals surface area (Å²) >= 11 is 0. The van der Waals surface area contributed by atoms with Gasteiger partial charge in [0.05, 0.1) is 41.1 Å². The van der Waals surface area contributed by atoms with Crippen molar-refractivity contribution in [2.24, 2.45) is 10.9 Å². The SMILES string of the molecule is NN=C1c2cc(S(=O)(=O)NCc3ccco3)ccc2-c2ccc(S(=O)(=O)NCc3ccco3)cc21. The zero-order valence-corrected chi connectivity index (χ0v) is 19.8. The fraction of sp³-hybridized carbons (Fsp3) is 0.0870. The topological polar surface area (TPSA) is 157 Å². The Labute approximate surface area is 201 Å². The normalized spacial score (nSPS) is 13.0. The maximum atomic E-state index is 12.8. The Balaban J connectivity index is 1.44. The van der Waals surface area contributed by atoms with Gasteiger partial charge in [0, 0.05) is 11.1 Å². The van der Waals surface area contributed by atoms with E-state index in [1.807, 2.05) is 0 Å². The average Bonchev–Trinajstić information content (AvgIpc) is 3.61. The summed E-state index contributed by atoms with van der Waals surface area (Å²) in [6.07, 6.45) is 2.92. The number of hydrogen-bond acceptors (Lipinski definition) is 8. The van der Waals surface area contributed by atoms with Gasteiger partial charge in [-0.3, -0.25) is 0 Å². The summed E-state index contributed by atoms with van der Waals surface area (Å²) in [5, 5.41) is 3.85. The summed E-state index contributed by atoms with van der Waals surface area (Å²) < 4.78 is 66.6. The van der Waals surface area contributed by atoms with Crippen LogP contribution in [0.1, 0.15) is 22.6 Å². The van der Waals surface area contributed by atoms with Crippen molar-refractivity contribution in [2.75, 3.05) is 0 Å². The lowest BCUT2D eigenvalue weighted by molar-refractivity contribution is 0.498. The standard InChI is InChI=1S/C23H20N4O6S2/c24-27-23-21-11-17(34(28,29)25-13-15-3-1-9-32-15)5-7-19(21)20-8-6-18(12-22(20)23)35(30,31)26-14-16-4-2-10-33-16/h1-12,25-26H,13-14,24H2. The summed E-state index contributed by atoms with van der Waals surface area (Å²) in [6.45, 7) is -0.00654. The molecule has 0 saturated heterocycles. The molecule has 10 nitrogen and oxygen atoms in total. The lowest BCUT2D eigenvalue weighted by Gasteiger charge is -2.08. The number of nitrogens with two attached hydrogens (primary N) is 1. The quantitative estimate of drug-likeness (QED) is 0.213. The third kappa shape index (κ3) is 4.39. The number of fused-ring (bicyclic) bond motifs is 3. The first kappa shape index (κ1) is 23.1. The van der Waals surface area contributed by atoms with E-state index in [-0.39, 0.29) is 22.9 Å². The summed E-state index contributed by atoms with van der Waals surface area (Å²) in [5.74, 6) is 6.61. The summed E-state index contributed by atoms with van der Waals surface area (Å²) in [7, 11) is -7.72. The first-order chi connectivity index (χ1) is 16.8. The Morgan fingerprint density at radius 1 is 0.686 bits per heavy atom. The van der Waals surface area contributed by atoms with Gasteiger partial charge in [-0.2, -0.15) is 5.10 Å². The molecule has 4 N–H and O–H groups in total. The van der Waals surface area contributed by atoms with E-state index in [9.17, 15) is 16.8 Å². The predicted molar refractivity (Wildman–Crippen MR) is 127 cm³/mol. The van der Waals surface area contributed by atoms with Crippen LogP contribution in [0, 0.1) is 0 Å². The third-order valence-corrected chi connectivity index (χ3v) is 8.36. The van der Waals surface area contributed by atoms with Gasteiger partial charge in [-0.05, 0) is 59.7 Å². The minimum absolute atomic E-state index is 0.00327. The highest BCUT2D eigenvalue weighted by Gasteiger charge is 2.29. The molecule has 0 unspecified atom stereocenters. The summed E-state index contributed by atoms with van der Waals surface area (Å²) in [6, 6.07) is 15.8. The smallest absolute Gasteiger partial charge is 0.240 e. The van der Waals surface area contributed by atoms with Crippen molar-refractivity contribution in [2.45, 2.75) is 22.9 Å². The minimum Gasteiger partial charge on any atom is -0.468 e. The van der Waals surface area contributed by atoms with Crippen molar-refractivity contribution in [1.82, 2.24) is 9.44 Å². The molecule has 0 spiro atoms. The minimum atomic E-state index is -3.86. The van der Waals surface area contributed by atoms with Crippen LogP contribution < -0.4 is 15.3 Å². The van der Waals surface area contributed by atoms with Crippen LogP contribution in [0.2, 0.25) is 0 Å². The molecule has 0 aliphatic heterocycles. The lowest BCUT2D eigenvalue weighted by Crippen LogP contribution is -2.23. The molecule has 5 rings (SSSR count). The maximum absolute atomic E-state index is 12.8. The zero-order chi connectivity index (χ0) is 24.6. The van der Waals surface area contributed by atoms with Crippen LogP contribution in [-0.4, -0.2) is 22.5 Å². The molecule has 35 heavy (non-hydrogen) atoms. The summed E-state index contributed by atoms with van der Waals surface area (Å²) in [5.41, 5.74) is 2.66. The highest BCUT2D eigenvalue weighted by Crippen LogP contribution is 2.39. The van der Waals surface area contributed by atoms with E-state index < -0.39 is 20.0 Å². The average molecular weight is 513 g/mol. The number of benzene rings is 2. The fourth-order valence-corrected chi connectivity index (χ4v) is 5.89. The second-order valence-electron chi connectivity index (χ2n) is 7.70. The number of sulfonamides is 2. The van der Waals surface area contributed by atoms with Gasteiger partial charge in [0.2, 0.25) is 20.0 Å². The molecular formula is C23H20N4O6S2. The monoisotopic (exact) mass is 512 g/mol. The molecule has 2 aromatic heterocycles. The van der Waals surface area contributed by atoms with Gasteiger partial charge in [-0.25, -0.2) is 26.3 Å². The van der Waals surface area contributed by atoms with E-state index in [4.69, 9.17) is 14.7 Å². The van der Waals surface area contributed by atoms with Gasteiger partial charge in [0.15, 0.2) is 0 Å². The highest BCUT2D eigenvalue weighted by atomic mass is 32.2. The molecule has 1 aliphatic carbocycles. The number of nitrogens with zero attached hydrogens (tertiary/aromatic N) is 1. The van der Waals surface area contributed by atoms with Crippen molar-refractivity contribution < 1.29 is 25.7 Å². The first-order valence-electron chi connectivity index (χ1n) is 10.4. The maximum Gasteiger partial charge on any atom is 0.240 e. The number of hydrogen-bond donors (Lipinski definition) is 3. The van der Waals surface area contributed by atoms with Crippen molar-refractivity contribution in [3.63, 3.8) is 0 Å². The molecular weight excluding hydrogens is 492 g/mol. The van der Waals surface area contributed by atoms with E-state index in [2.05, 4.69) is 14.5 Å². The second-order valence-corrected chi connectivity index (χ2v) is 11.2. The first-order valence-corrected chi connectivity index (χ1v) is 13.4. The molecule has 0 radical (unpaired) electrons. The molecule has 0 fully saturated rings. The van der Waals surface area contributed by atoms with E-state index in [0.29, 0.717) is 39.5 Å². The molecule has 0 atom stereocenters. The molecule has 180 valence electrons. The second kappa shape index (κ2) is 8.82. The molecule has 2 aromatic carbocycles. The predicted octanol–water partition coefficient (Wildman–Crippen LogP) is 2.52. The van der Waals surface area contributed by atoms with Crippen LogP contribution in [-0.2, 0) is 33.1 Å². The van der Waals surface area contributed by atoms with Crippen molar-refractivity contribution in [1.29, 1.82) is 0 Å². The third-order valence-electron chi connectivity index (χ3n) is 5.57. The van der Waals surface area contributed by atoms with Crippen LogP contribution in [0.4, 0.5) is 0 Å². The molecule has 12 heteroatoms. The van der Waals surface area contributed by atoms with Gasteiger partial charge in [-0.1, -0.05) is 12.1 Å². The molecule has 0 saturated carbocycles. The van der Waals surface area contributed by atoms with Crippen LogP contribution in [0.5, 0.6) is 0 Å². The Kier molecular flexibility index (Phi) is 5.81. The number of nitrogens with one attached hydrogen (secondary N) is 2. The van der Waals surface area contributed by atoms with Gasteiger partial charge < -0.3 is 14.7 Å². The van der Waals surface area contributed by atoms with Gasteiger partial charge in [0.1, 0.15) is 11.5 Å². The van der Waals surface area contributed by atoms with Gasteiger partial charge >= 0.3 is 0 Å². The Hall–Kier alpha value is -3.71. The van der Waals surface area contributed by atoms with Crippen LogP contribution in [0.25, 0.3) is 11.1 Å². The van der Waals surface area contributed by atoms with Crippen molar-refractivity contribution in [3.05, 3.63) is 95.8 Å². The zero-order valence-electron chi connectivity index (χ0n) is 18.1. The molecule has 0 amide bonds. The molecule has 1 aliphatic rings. The highest BCUT2D eigenvalue weighted by molar-refractivity contribution is 7.89. The lowest BCUT2D eigenvalue weighted by atomic mass is 10.1. The number of rotatable bonds is 8.